The highest BCUT2D eigenvalue weighted by molar-refractivity contribution is 6.46. The smallest absolute Gasteiger partial charge is 0.295 e. The van der Waals surface area contributed by atoms with E-state index in [1.165, 1.54) is 31.3 Å². The molecule has 164 valence electrons. The lowest BCUT2D eigenvalue weighted by Gasteiger charge is -2.27. The minimum atomic E-state index is -0.899. The number of Topliss-reactive ketones (excluding diaryl/α,β-unsaturated/α-hetero) is 1. The number of likely N-dealkylation sites (N-methyl/N-ethyl adjacent to an activating group) is 1. The summed E-state index contributed by atoms with van der Waals surface area (Å²) < 4.78 is 24.6. The lowest BCUT2D eigenvalue weighted by atomic mass is 9.94. The third-order valence-corrected chi connectivity index (χ3v) is 5.18. The summed E-state index contributed by atoms with van der Waals surface area (Å²) >= 11 is 0. The molecule has 0 bridgehead atoms. The molecule has 2 aromatic rings. The number of nitrogens with zero attached hydrogens (tertiary/aromatic N) is 2. The predicted molar refractivity (Wildman–Crippen MR) is 114 cm³/mol. The fourth-order valence-electron chi connectivity index (χ4n) is 3.64. The molecule has 1 amide bonds. The summed E-state index contributed by atoms with van der Waals surface area (Å²) in [5.74, 6) is -2.07. The molecular formula is C23H25FN2O5. The van der Waals surface area contributed by atoms with Crippen LogP contribution < -0.4 is 9.47 Å². The Morgan fingerprint density at radius 3 is 2.42 bits per heavy atom. The van der Waals surface area contributed by atoms with E-state index in [9.17, 15) is 19.1 Å². The van der Waals surface area contributed by atoms with Crippen molar-refractivity contribution in [2.24, 2.45) is 0 Å². The van der Waals surface area contributed by atoms with Crippen LogP contribution in [-0.4, -0.2) is 68.0 Å². The van der Waals surface area contributed by atoms with Crippen molar-refractivity contribution < 1.29 is 28.6 Å². The Morgan fingerprint density at radius 1 is 1.10 bits per heavy atom. The van der Waals surface area contributed by atoms with Gasteiger partial charge in [0.25, 0.3) is 11.7 Å². The summed E-state index contributed by atoms with van der Waals surface area (Å²) in [5.41, 5.74) is 0.394. The fraction of sp³-hybridized carbons (Fsp3) is 0.304. The average molecular weight is 428 g/mol. The van der Waals surface area contributed by atoms with Gasteiger partial charge in [0.1, 0.15) is 23.1 Å². The van der Waals surface area contributed by atoms with Crippen molar-refractivity contribution in [3.05, 3.63) is 65.0 Å². The molecular weight excluding hydrogens is 403 g/mol. The zero-order valence-corrected chi connectivity index (χ0v) is 17.9. The van der Waals surface area contributed by atoms with Gasteiger partial charge in [0.15, 0.2) is 0 Å². The Bertz CT molecular complexity index is 1030. The van der Waals surface area contributed by atoms with E-state index in [0.29, 0.717) is 17.9 Å². The molecule has 3 rings (SSSR count). The van der Waals surface area contributed by atoms with E-state index >= 15 is 0 Å². The summed E-state index contributed by atoms with van der Waals surface area (Å²) in [4.78, 5) is 29.3. The molecule has 1 N–H and O–H groups in total. The maximum Gasteiger partial charge on any atom is 0.295 e. The number of aliphatic hydroxyl groups excluding tert-OH is 1. The number of amides is 1. The summed E-state index contributed by atoms with van der Waals surface area (Å²) in [5, 5.41) is 11.1. The van der Waals surface area contributed by atoms with Crippen LogP contribution >= 0.6 is 0 Å². The molecule has 0 aliphatic carbocycles. The first-order valence-electron chi connectivity index (χ1n) is 9.70. The van der Waals surface area contributed by atoms with Crippen molar-refractivity contribution in [2.45, 2.75) is 6.04 Å². The minimum Gasteiger partial charge on any atom is -0.507 e. The van der Waals surface area contributed by atoms with Crippen LogP contribution in [0.25, 0.3) is 5.76 Å². The number of likely N-dealkylation sites (tertiary alicyclic amines) is 1. The van der Waals surface area contributed by atoms with Crippen molar-refractivity contribution in [3.8, 4) is 11.5 Å². The van der Waals surface area contributed by atoms with Crippen molar-refractivity contribution >= 4 is 17.4 Å². The monoisotopic (exact) mass is 428 g/mol. The van der Waals surface area contributed by atoms with Crippen LogP contribution in [0.3, 0.4) is 0 Å². The van der Waals surface area contributed by atoms with E-state index in [-0.39, 0.29) is 23.4 Å². The number of benzene rings is 2. The predicted octanol–water partition coefficient (Wildman–Crippen LogP) is 2.83. The molecule has 1 atom stereocenters. The number of carbonyl (C=O) groups excluding carboxylic acids is 2. The largest absolute Gasteiger partial charge is 0.507 e. The number of halogens is 1. The molecule has 0 aromatic heterocycles. The van der Waals surface area contributed by atoms with Gasteiger partial charge in [-0.25, -0.2) is 4.39 Å². The summed E-state index contributed by atoms with van der Waals surface area (Å²) in [7, 11) is 6.57. The molecule has 1 saturated heterocycles. The van der Waals surface area contributed by atoms with E-state index in [0.717, 1.165) is 6.07 Å². The number of hydrogen-bond donors (Lipinski definition) is 1. The first-order chi connectivity index (χ1) is 14.8. The molecule has 1 aliphatic heterocycles. The van der Waals surface area contributed by atoms with Crippen molar-refractivity contribution in [3.63, 3.8) is 0 Å². The SMILES string of the molecule is COc1ccc(F)cc1C(O)=C1C(=O)C(=O)N(CCN(C)C)[C@H]1c1ccccc1OC. The molecule has 0 saturated carbocycles. The lowest BCUT2D eigenvalue weighted by molar-refractivity contribution is -0.140. The Kier molecular flexibility index (Phi) is 6.60. The second kappa shape index (κ2) is 9.18. The van der Waals surface area contributed by atoms with E-state index in [4.69, 9.17) is 9.47 Å². The molecule has 0 spiro atoms. The highest BCUT2D eigenvalue weighted by Crippen LogP contribution is 2.43. The van der Waals surface area contributed by atoms with Crippen LogP contribution in [0.2, 0.25) is 0 Å². The molecule has 0 radical (unpaired) electrons. The van der Waals surface area contributed by atoms with Crippen molar-refractivity contribution in [1.82, 2.24) is 9.80 Å². The maximum atomic E-state index is 14.0. The Labute approximate surface area is 180 Å². The second-order valence-corrected chi connectivity index (χ2v) is 7.38. The van der Waals surface area contributed by atoms with E-state index in [1.807, 2.05) is 19.0 Å². The van der Waals surface area contributed by atoms with Gasteiger partial charge in [0, 0.05) is 18.7 Å². The molecule has 1 fully saturated rings. The standard InChI is InChI=1S/C23H25FN2O5/c1-25(2)11-12-26-20(15-7-5-6-8-17(15)30-3)19(22(28)23(26)29)21(27)16-13-14(24)9-10-18(16)31-4/h5-10,13,20,27H,11-12H2,1-4H3/t20-/m0/s1. The number of ether oxygens (including phenoxy) is 2. The van der Waals surface area contributed by atoms with Crippen LogP contribution in [0.15, 0.2) is 48.0 Å². The fourth-order valence-corrected chi connectivity index (χ4v) is 3.64. The van der Waals surface area contributed by atoms with Gasteiger partial charge in [-0.1, -0.05) is 18.2 Å². The third kappa shape index (κ3) is 4.25. The number of rotatable bonds is 7. The van der Waals surface area contributed by atoms with Crippen LogP contribution in [0, 0.1) is 5.82 Å². The van der Waals surface area contributed by atoms with Gasteiger partial charge in [-0.2, -0.15) is 0 Å². The lowest BCUT2D eigenvalue weighted by Crippen LogP contribution is -2.35. The average Bonchev–Trinajstić information content (AvgIpc) is 3.01. The highest BCUT2D eigenvalue weighted by Gasteiger charge is 2.47. The van der Waals surface area contributed by atoms with Gasteiger partial charge < -0.3 is 24.4 Å². The van der Waals surface area contributed by atoms with Crippen LogP contribution in [0.1, 0.15) is 17.2 Å². The van der Waals surface area contributed by atoms with E-state index in [2.05, 4.69) is 0 Å². The molecule has 0 unspecified atom stereocenters. The quantitative estimate of drug-likeness (QED) is 0.415. The first kappa shape index (κ1) is 22.3. The second-order valence-electron chi connectivity index (χ2n) is 7.38. The molecule has 1 aliphatic rings. The first-order valence-corrected chi connectivity index (χ1v) is 9.70. The van der Waals surface area contributed by atoms with Crippen LogP contribution in [0.4, 0.5) is 4.39 Å². The normalized spacial score (nSPS) is 18.0. The van der Waals surface area contributed by atoms with Crippen molar-refractivity contribution in [1.29, 1.82) is 0 Å². The van der Waals surface area contributed by atoms with Gasteiger partial charge in [-0.3, -0.25) is 9.59 Å². The Hall–Kier alpha value is -3.39. The summed E-state index contributed by atoms with van der Waals surface area (Å²) in [6.45, 7) is 0.749. The number of ketones is 1. The zero-order chi connectivity index (χ0) is 22.7. The Morgan fingerprint density at radius 2 is 1.77 bits per heavy atom. The minimum absolute atomic E-state index is 0.00647. The molecule has 1 heterocycles. The van der Waals surface area contributed by atoms with E-state index in [1.54, 1.807) is 24.3 Å². The Balaban J connectivity index is 2.25. The van der Waals surface area contributed by atoms with Crippen LogP contribution in [0.5, 0.6) is 11.5 Å². The maximum absolute atomic E-state index is 14.0. The zero-order valence-electron chi connectivity index (χ0n) is 17.9. The van der Waals surface area contributed by atoms with Gasteiger partial charge in [0.2, 0.25) is 0 Å². The number of hydrogen-bond acceptors (Lipinski definition) is 6. The number of carbonyl (C=O) groups is 2. The number of aliphatic hydroxyl groups is 1. The topological polar surface area (TPSA) is 79.3 Å². The molecule has 31 heavy (non-hydrogen) atoms. The van der Waals surface area contributed by atoms with Gasteiger partial charge in [-0.05, 0) is 38.4 Å². The number of methoxy groups -OCH3 is 2. The molecule has 8 heteroatoms. The van der Waals surface area contributed by atoms with Gasteiger partial charge in [-0.15, -0.1) is 0 Å². The molecule has 2 aromatic carbocycles. The highest BCUT2D eigenvalue weighted by atomic mass is 19.1. The molecule has 7 nitrogen and oxygen atoms in total. The summed E-state index contributed by atoms with van der Waals surface area (Å²) in [6, 6.07) is 9.67. The van der Waals surface area contributed by atoms with Gasteiger partial charge >= 0.3 is 0 Å². The van der Waals surface area contributed by atoms with Crippen molar-refractivity contribution in [2.75, 3.05) is 41.4 Å². The van der Waals surface area contributed by atoms with Gasteiger partial charge in [0.05, 0.1) is 31.4 Å². The van der Waals surface area contributed by atoms with E-state index < -0.39 is 29.3 Å². The van der Waals surface area contributed by atoms with Crippen LogP contribution in [-0.2, 0) is 9.59 Å². The third-order valence-electron chi connectivity index (χ3n) is 5.18. The number of para-hydroxylation sites is 1. The summed E-state index contributed by atoms with van der Waals surface area (Å²) in [6.07, 6.45) is 0.